The Morgan fingerprint density at radius 2 is 1.70 bits per heavy atom. The topological polar surface area (TPSA) is 44.5 Å². The molecule has 0 amide bonds. The number of nitrogens with two attached hydrogens (primary N) is 1. The van der Waals surface area contributed by atoms with Crippen molar-refractivity contribution in [3.05, 3.63) is 53.6 Å². The molecule has 2 rings (SSSR count). The summed E-state index contributed by atoms with van der Waals surface area (Å²) >= 11 is 0. The summed E-state index contributed by atoms with van der Waals surface area (Å²) in [6.45, 7) is 5.29. The lowest BCUT2D eigenvalue weighted by atomic mass is 10.2. The molecule has 0 saturated heterocycles. The van der Waals surface area contributed by atoms with Crippen LogP contribution in [0.4, 0.5) is 5.69 Å². The molecular weight excluding hydrogens is 250 g/mol. The second kappa shape index (κ2) is 6.85. The Hall–Kier alpha value is -2.16. The van der Waals surface area contributed by atoms with E-state index in [4.69, 9.17) is 15.2 Å². The number of rotatable bonds is 6. The lowest BCUT2D eigenvalue weighted by Gasteiger charge is -2.11. The average molecular weight is 271 g/mol. The molecule has 3 heteroatoms. The molecule has 3 nitrogen and oxygen atoms in total. The summed E-state index contributed by atoms with van der Waals surface area (Å²) < 4.78 is 11.4. The fourth-order valence-electron chi connectivity index (χ4n) is 1.92. The minimum atomic E-state index is 0.621. The van der Waals surface area contributed by atoms with Gasteiger partial charge in [-0.1, -0.05) is 18.2 Å². The summed E-state index contributed by atoms with van der Waals surface area (Å²) in [4.78, 5) is 0. The van der Waals surface area contributed by atoms with Crippen molar-refractivity contribution >= 4 is 5.69 Å². The highest BCUT2D eigenvalue weighted by Crippen LogP contribution is 2.22. The molecule has 106 valence electrons. The third kappa shape index (κ3) is 3.92. The van der Waals surface area contributed by atoms with E-state index in [0.717, 1.165) is 29.2 Å². The van der Waals surface area contributed by atoms with Gasteiger partial charge in [0.25, 0.3) is 0 Å². The zero-order valence-electron chi connectivity index (χ0n) is 12.1. The molecule has 20 heavy (non-hydrogen) atoms. The number of aryl methyl sites for hydroxylation is 1. The van der Waals surface area contributed by atoms with Gasteiger partial charge in [-0.3, -0.25) is 0 Å². The van der Waals surface area contributed by atoms with Gasteiger partial charge >= 0.3 is 0 Å². The van der Waals surface area contributed by atoms with Crippen molar-refractivity contribution in [2.24, 2.45) is 0 Å². The Bertz CT molecular complexity index is 567. The van der Waals surface area contributed by atoms with Gasteiger partial charge in [0, 0.05) is 17.7 Å². The molecule has 0 aliphatic heterocycles. The van der Waals surface area contributed by atoms with Crippen molar-refractivity contribution in [2.45, 2.75) is 20.3 Å². The van der Waals surface area contributed by atoms with Crippen LogP contribution in [0, 0.1) is 13.8 Å². The molecule has 0 saturated carbocycles. The maximum absolute atomic E-state index is 5.84. The number of hydrogen-bond acceptors (Lipinski definition) is 3. The van der Waals surface area contributed by atoms with Crippen molar-refractivity contribution in [3.63, 3.8) is 0 Å². The van der Waals surface area contributed by atoms with Gasteiger partial charge in [-0.15, -0.1) is 0 Å². The van der Waals surface area contributed by atoms with Crippen LogP contribution in [0.1, 0.15) is 17.5 Å². The lowest BCUT2D eigenvalue weighted by Crippen LogP contribution is -2.06. The Labute approximate surface area is 120 Å². The van der Waals surface area contributed by atoms with Gasteiger partial charge in [-0.25, -0.2) is 0 Å². The summed E-state index contributed by atoms with van der Waals surface area (Å²) in [6, 6.07) is 13.8. The monoisotopic (exact) mass is 271 g/mol. The summed E-state index contributed by atoms with van der Waals surface area (Å²) in [6.07, 6.45) is 0.835. The fourth-order valence-corrected chi connectivity index (χ4v) is 1.92. The van der Waals surface area contributed by atoms with Gasteiger partial charge in [0.1, 0.15) is 11.5 Å². The number of nitrogen functional groups attached to an aromatic ring is 1. The quantitative estimate of drug-likeness (QED) is 0.643. The first kappa shape index (κ1) is 14.3. The minimum Gasteiger partial charge on any atom is -0.493 e. The molecule has 2 aromatic carbocycles. The zero-order chi connectivity index (χ0) is 14.4. The van der Waals surface area contributed by atoms with Crippen LogP contribution in [0.3, 0.4) is 0 Å². The van der Waals surface area contributed by atoms with Crippen LogP contribution in [0.5, 0.6) is 11.5 Å². The van der Waals surface area contributed by atoms with Crippen molar-refractivity contribution in [1.82, 2.24) is 0 Å². The molecule has 0 spiro atoms. The van der Waals surface area contributed by atoms with Crippen LogP contribution in [0.15, 0.2) is 42.5 Å². The zero-order valence-corrected chi connectivity index (χ0v) is 12.1. The molecule has 0 heterocycles. The van der Waals surface area contributed by atoms with E-state index in [2.05, 4.69) is 13.0 Å². The molecule has 0 atom stereocenters. The highest BCUT2D eigenvalue weighted by molar-refractivity contribution is 5.53. The predicted molar refractivity (Wildman–Crippen MR) is 82.4 cm³/mol. The molecule has 0 fully saturated rings. The standard InChI is InChI=1S/C17H21NO2/c1-13-6-3-7-15(12-13)19-10-5-11-20-17-9-4-8-16(18)14(17)2/h3-4,6-9,12H,5,10-11,18H2,1-2H3. The molecule has 0 bridgehead atoms. The van der Waals surface area contributed by atoms with Gasteiger partial charge in [-0.2, -0.15) is 0 Å². The van der Waals surface area contributed by atoms with Crippen LogP contribution >= 0.6 is 0 Å². The van der Waals surface area contributed by atoms with Crippen molar-refractivity contribution in [1.29, 1.82) is 0 Å². The Kier molecular flexibility index (Phi) is 4.88. The van der Waals surface area contributed by atoms with Gasteiger partial charge in [0.05, 0.1) is 13.2 Å². The largest absolute Gasteiger partial charge is 0.493 e. The second-order valence-corrected chi connectivity index (χ2v) is 4.84. The molecule has 0 radical (unpaired) electrons. The molecule has 0 aliphatic rings. The summed E-state index contributed by atoms with van der Waals surface area (Å²) in [5.74, 6) is 1.76. The average Bonchev–Trinajstić information content (AvgIpc) is 2.43. The molecule has 0 aromatic heterocycles. The fraction of sp³-hybridized carbons (Fsp3) is 0.294. The SMILES string of the molecule is Cc1cccc(OCCCOc2cccc(N)c2C)c1. The van der Waals surface area contributed by atoms with Gasteiger partial charge in [0.15, 0.2) is 0 Å². The Morgan fingerprint density at radius 3 is 2.50 bits per heavy atom. The summed E-state index contributed by atoms with van der Waals surface area (Å²) in [7, 11) is 0. The molecule has 0 unspecified atom stereocenters. The number of anilines is 1. The van der Waals surface area contributed by atoms with Crippen molar-refractivity contribution in [3.8, 4) is 11.5 Å². The first-order valence-corrected chi connectivity index (χ1v) is 6.84. The highest BCUT2D eigenvalue weighted by Gasteiger charge is 2.02. The number of ether oxygens (including phenoxy) is 2. The van der Waals surface area contributed by atoms with E-state index in [1.165, 1.54) is 5.56 Å². The Balaban J connectivity index is 1.73. The van der Waals surface area contributed by atoms with Crippen LogP contribution in [-0.2, 0) is 0 Å². The third-order valence-corrected chi connectivity index (χ3v) is 3.13. The van der Waals surface area contributed by atoms with E-state index in [1.807, 2.05) is 43.3 Å². The van der Waals surface area contributed by atoms with E-state index in [0.29, 0.717) is 13.2 Å². The van der Waals surface area contributed by atoms with E-state index in [1.54, 1.807) is 0 Å². The van der Waals surface area contributed by atoms with E-state index in [-0.39, 0.29) is 0 Å². The van der Waals surface area contributed by atoms with Gasteiger partial charge in [-0.05, 0) is 43.7 Å². The lowest BCUT2D eigenvalue weighted by molar-refractivity contribution is 0.246. The van der Waals surface area contributed by atoms with Crippen LogP contribution in [-0.4, -0.2) is 13.2 Å². The molecule has 2 N–H and O–H groups in total. The molecule has 0 aliphatic carbocycles. The maximum Gasteiger partial charge on any atom is 0.124 e. The molecule has 2 aromatic rings. The highest BCUT2D eigenvalue weighted by atomic mass is 16.5. The van der Waals surface area contributed by atoms with Gasteiger partial charge < -0.3 is 15.2 Å². The number of benzene rings is 2. The summed E-state index contributed by atoms with van der Waals surface area (Å²) in [5.41, 5.74) is 8.79. The smallest absolute Gasteiger partial charge is 0.124 e. The first-order chi connectivity index (χ1) is 9.66. The van der Waals surface area contributed by atoms with E-state index >= 15 is 0 Å². The normalized spacial score (nSPS) is 10.3. The summed E-state index contributed by atoms with van der Waals surface area (Å²) in [5, 5.41) is 0. The van der Waals surface area contributed by atoms with Crippen molar-refractivity contribution < 1.29 is 9.47 Å². The predicted octanol–water partition coefficient (Wildman–Crippen LogP) is 3.73. The van der Waals surface area contributed by atoms with Gasteiger partial charge in [0.2, 0.25) is 0 Å². The maximum atomic E-state index is 5.84. The first-order valence-electron chi connectivity index (χ1n) is 6.84. The van der Waals surface area contributed by atoms with Crippen LogP contribution in [0.2, 0.25) is 0 Å². The van der Waals surface area contributed by atoms with Crippen molar-refractivity contribution in [2.75, 3.05) is 18.9 Å². The van der Waals surface area contributed by atoms with E-state index < -0.39 is 0 Å². The third-order valence-electron chi connectivity index (χ3n) is 3.13. The molecular formula is C17H21NO2. The van der Waals surface area contributed by atoms with Crippen LogP contribution < -0.4 is 15.2 Å². The van der Waals surface area contributed by atoms with E-state index in [9.17, 15) is 0 Å². The number of hydrogen-bond donors (Lipinski definition) is 1. The Morgan fingerprint density at radius 1 is 0.950 bits per heavy atom. The van der Waals surface area contributed by atoms with Crippen LogP contribution in [0.25, 0.3) is 0 Å². The second-order valence-electron chi connectivity index (χ2n) is 4.84. The minimum absolute atomic E-state index is 0.621.